The minimum Gasteiger partial charge on any atom is -0.346 e. The highest BCUT2D eigenvalue weighted by Crippen LogP contribution is 2.37. The molecule has 0 saturated heterocycles. The summed E-state index contributed by atoms with van der Waals surface area (Å²) < 4.78 is 27.4. The third-order valence-corrected chi connectivity index (χ3v) is 4.02. The van der Waals surface area contributed by atoms with Crippen LogP contribution in [0.1, 0.15) is 24.6 Å². The summed E-state index contributed by atoms with van der Waals surface area (Å²) in [6.07, 6.45) is 3.90. The average molecular weight is 229 g/mol. The summed E-state index contributed by atoms with van der Waals surface area (Å²) in [7, 11) is -1.93. The van der Waals surface area contributed by atoms with Crippen LogP contribution in [0.4, 0.5) is 0 Å². The van der Waals surface area contributed by atoms with Crippen molar-refractivity contribution in [2.45, 2.75) is 30.3 Å². The number of hydrogen-bond donors (Lipinski definition) is 2. The van der Waals surface area contributed by atoms with Crippen LogP contribution in [0.2, 0.25) is 0 Å². The molecule has 1 aliphatic rings. The van der Waals surface area contributed by atoms with Crippen molar-refractivity contribution in [3.05, 3.63) is 18.0 Å². The van der Waals surface area contributed by atoms with E-state index in [4.69, 9.17) is 5.73 Å². The molecule has 5 nitrogen and oxygen atoms in total. The summed E-state index contributed by atoms with van der Waals surface area (Å²) in [5.41, 5.74) is 6.46. The van der Waals surface area contributed by atoms with E-state index in [2.05, 4.69) is 4.72 Å². The molecule has 3 N–H and O–H groups in total. The summed E-state index contributed by atoms with van der Waals surface area (Å²) in [5.74, 6) is 0. The minimum absolute atomic E-state index is 0.303. The minimum atomic E-state index is -3.34. The highest BCUT2D eigenvalue weighted by atomic mass is 32.2. The Kier molecular flexibility index (Phi) is 2.57. The van der Waals surface area contributed by atoms with Gasteiger partial charge in [-0.1, -0.05) is 0 Å². The molecule has 1 saturated carbocycles. The topological polar surface area (TPSA) is 77.1 Å². The Balaban J connectivity index is 2.42. The predicted molar refractivity (Wildman–Crippen MR) is 56.8 cm³/mol. The fourth-order valence-electron chi connectivity index (χ4n) is 1.62. The van der Waals surface area contributed by atoms with E-state index in [1.165, 1.54) is 7.05 Å². The first-order valence-electron chi connectivity index (χ1n) is 4.93. The van der Waals surface area contributed by atoms with E-state index in [9.17, 15) is 8.42 Å². The van der Waals surface area contributed by atoms with Gasteiger partial charge < -0.3 is 10.3 Å². The molecule has 0 bridgehead atoms. The average Bonchev–Trinajstić information content (AvgIpc) is 2.97. The van der Waals surface area contributed by atoms with E-state index >= 15 is 0 Å². The van der Waals surface area contributed by atoms with Crippen LogP contribution in [0, 0.1) is 0 Å². The molecule has 0 amide bonds. The van der Waals surface area contributed by atoms with Crippen LogP contribution in [0.5, 0.6) is 0 Å². The Bertz CT molecular complexity index is 460. The molecule has 84 valence electrons. The van der Waals surface area contributed by atoms with E-state index in [1.807, 2.05) is 4.57 Å². The second-order valence-electron chi connectivity index (χ2n) is 3.72. The number of aromatic nitrogens is 1. The molecule has 1 aliphatic carbocycles. The molecule has 1 aromatic rings. The molecular weight excluding hydrogens is 214 g/mol. The van der Waals surface area contributed by atoms with Crippen LogP contribution < -0.4 is 10.5 Å². The van der Waals surface area contributed by atoms with Gasteiger partial charge in [0.05, 0.1) is 4.90 Å². The molecule has 0 aromatic carbocycles. The van der Waals surface area contributed by atoms with Crippen LogP contribution in [0.25, 0.3) is 0 Å². The fourth-order valence-corrected chi connectivity index (χ4v) is 2.40. The maximum atomic E-state index is 11.6. The SMILES string of the molecule is CNS(=O)(=O)c1cc(CN)n(C2CC2)c1. The van der Waals surface area contributed by atoms with Crippen molar-refractivity contribution < 1.29 is 8.42 Å². The molecule has 0 spiro atoms. The molecule has 0 atom stereocenters. The van der Waals surface area contributed by atoms with Gasteiger partial charge in [0.15, 0.2) is 0 Å². The Morgan fingerprint density at radius 3 is 2.73 bits per heavy atom. The van der Waals surface area contributed by atoms with Gasteiger partial charge in [-0.2, -0.15) is 0 Å². The van der Waals surface area contributed by atoms with Crippen LogP contribution in [-0.4, -0.2) is 20.0 Å². The van der Waals surface area contributed by atoms with E-state index in [-0.39, 0.29) is 0 Å². The lowest BCUT2D eigenvalue weighted by molar-refractivity contribution is 0.587. The van der Waals surface area contributed by atoms with E-state index < -0.39 is 10.0 Å². The van der Waals surface area contributed by atoms with E-state index in [0.29, 0.717) is 17.5 Å². The van der Waals surface area contributed by atoms with Crippen LogP contribution in [0.15, 0.2) is 17.2 Å². The van der Waals surface area contributed by atoms with Gasteiger partial charge in [-0.25, -0.2) is 13.1 Å². The Labute approximate surface area is 89.3 Å². The quantitative estimate of drug-likeness (QED) is 0.773. The molecule has 1 fully saturated rings. The number of nitrogens with two attached hydrogens (primary N) is 1. The maximum Gasteiger partial charge on any atom is 0.241 e. The van der Waals surface area contributed by atoms with Gasteiger partial charge in [0.1, 0.15) is 0 Å². The molecule has 1 heterocycles. The molecule has 0 radical (unpaired) electrons. The standard InChI is InChI=1S/C9H15N3O2S/c1-11-15(13,14)9-4-8(5-10)12(6-9)7-2-3-7/h4,6-7,11H,2-3,5,10H2,1H3. The second-order valence-corrected chi connectivity index (χ2v) is 5.60. The van der Waals surface area contributed by atoms with Crippen LogP contribution in [-0.2, 0) is 16.6 Å². The van der Waals surface area contributed by atoms with Gasteiger partial charge in [-0.3, -0.25) is 0 Å². The van der Waals surface area contributed by atoms with Crippen molar-refractivity contribution in [1.29, 1.82) is 0 Å². The first kappa shape index (κ1) is 10.7. The van der Waals surface area contributed by atoms with Crippen molar-refractivity contribution in [2.24, 2.45) is 5.73 Å². The summed E-state index contributed by atoms with van der Waals surface area (Å²) in [4.78, 5) is 0.303. The van der Waals surface area contributed by atoms with E-state index in [1.54, 1.807) is 12.3 Å². The molecule has 0 aliphatic heterocycles. The summed E-state index contributed by atoms with van der Waals surface area (Å²) in [6.45, 7) is 0.371. The van der Waals surface area contributed by atoms with Crippen LogP contribution in [0.3, 0.4) is 0 Å². The zero-order valence-corrected chi connectivity index (χ0v) is 9.42. The first-order valence-corrected chi connectivity index (χ1v) is 6.41. The zero-order chi connectivity index (χ0) is 11.1. The van der Waals surface area contributed by atoms with Crippen LogP contribution >= 0.6 is 0 Å². The summed E-state index contributed by atoms with van der Waals surface area (Å²) >= 11 is 0. The fraction of sp³-hybridized carbons (Fsp3) is 0.556. The van der Waals surface area contributed by atoms with Gasteiger partial charge in [-0.15, -0.1) is 0 Å². The number of rotatable bonds is 4. The lowest BCUT2D eigenvalue weighted by Gasteiger charge is -2.03. The van der Waals surface area contributed by atoms with Crippen molar-refractivity contribution in [1.82, 2.24) is 9.29 Å². The summed E-state index contributed by atoms with van der Waals surface area (Å²) in [6, 6.07) is 2.09. The highest BCUT2D eigenvalue weighted by Gasteiger charge is 2.27. The third-order valence-electron chi connectivity index (χ3n) is 2.64. The van der Waals surface area contributed by atoms with Gasteiger partial charge in [0.2, 0.25) is 10.0 Å². The molecule has 0 unspecified atom stereocenters. The number of nitrogens with one attached hydrogen (secondary N) is 1. The lowest BCUT2D eigenvalue weighted by Crippen LogP contribution is -2.17. The number of sulfonamides is 1. The predicted octanol–water partition coefficient (Wildman–Crippen LogP) is 0.190. The largest absolute Gasteiger partial charge is 0.346 e. The van der Waals surface area contributed by atoms with E-state index in [0.717, 1.165) is 18.5 Å². The Hall–Kier alpha value is -0.850. The first-order chi connectivity index (χ1) is 7.08. The summed E-state index contributed by atoms with van der Waals surface area (Å²) in [5, 5.41) is 0. The molecule has 15 heavy (non-hydrogen) atoms. The van der Waals surface area contributed by atoms with Gasteiger partial charge >= 0.3 is 0 Å². The maximum absolute atomic E-state index is 11.6. The Morgan fingerprint density at radius 2 is 2.27 bits per heavy atom. The third kappa shape index (κ3) is 1.92. The van der Waals surface area contributed by atoms with Crippen molar-refractivity contribution in [3.8, 4) is 0 Å². The zero-order valence-electron chi connectivity index (χ0n) is 8.60. The van der Waals surface area contributed by atoms with Gasteiger partial charge in [0, 0.05) is 24.5 Å². The van der Waals surface area contributed by atoms with Crippen molar-refractivity contribution >= 4 is 10.0 Å². The monoisotopic (exact) mass is 229 g/mol. The Morgan fingerprint density at radius 1 is 1.60 bits per heavy atom. The highest BCUT2D eigenvalue weighted by molar-refractivity contribution is 7.89. The van der Waals surface area contributed by atoms with Crippen molar-refractivity contribution in [3.63, 3.8) is 0 Å². The smallest absolute Gasteiger partial charge is 0.241 e. The number of nitrogens with zero attached hydrogens (tertiary/aromatic N) is 1. The number of hydrogen-bond acceptors (Lipinski definition) is 3. The molecule has 2 rings (SSSR count). The van der Waals surface area contributed by atoms with Crippen molar-refractivity contribution in [2.75, 3.05) is 7.05 Å². The molecular formula is C9H15N3O2S. The normalized spacial score (nSPS) is 16.9. The second kappa shape index (κ2) is 3.62. The molecule has 6 heteroatoms. The lowest BCUT2D eigenvalue weighted by atomic mass is 10.4. The van der Waals surface area contributed by atoms with Gasteiger partial charge in [0.25, 0.3) is 0 Å². The molecule has 1 aromatic heterocycles. The van der Waals surface area contributed by atoms with Gasteiger partial charge in [-0.05, 0) is 26.0 Å².